The summed E-state index contributed by atoms with van der Waals surface area (Å²) in [5.74, 6) is 1.70. The lowest BCUT2D eigenvalue weighted by Gasteiger charge is -2.25. The Kier molecular flexibility index (Phi) is 7.63. The van der Waals surface area contributed by atoms with Gasteiger partial charge in [-0.3, -0.25) is 4.90 Å². The van der Waals surface area contributed by atoms with Crippen LogP contribution in [0.25, 0.3) is 0 Å². The van der Waals surface area contributed by atoms with Crippen molar-refractivity contribution in [3.05, 3.63) is 76.1 Å². The number of rotatable bonds is 9. The summed E-state index contributed by atoms with van der Waals surface area (Å²) in [4.78, 5) is 21.1. The fourth-order valence-electron chi connectivity index (χ4n) is 5.33. The Labute approximate surface area is 224 Å². The second-order valence-corrected chi connectivity index (χ2v) is 11.1. The van der Waals surface area contributed by atoms with Crippen molar-refractivity contribution < 1.29 is 27.4 Å². The summed E-state index contributed by atoms with van der Waals surface area (Å²) in [5, 5.41) is 1.63. The van der Waals surface area contributed by atoms with Crippen molar-refractivity contribution in [2.75, 3.05) is 19.6 Å². The number of fused-ring (bicyclic) bond motifs is 1. The minimum absolute atomic E-state index is 0.111. The van der Waals surface area contributed by atoms with Gasteiger partial charge in [-0.25, -0.2) is 9.78 Å². The summed E-state index contributed by atoms with van der Waals surface area (Å²) in [5.41, 5.74) is 4.72. The lowest BCUT2D eigenvalue weighted by Crippen LogP contribution is -2.36. The molecule has 2 atom stereocenters. The molecule has 1 aliphatic heterocycles. The molecule has 202 valence electrons. The van der Waals surface area contributed by atoms with Gasteiger partial charge in [0.25, 0.3) is 0 Å². The lowest BCUT2D eigenvalue weighted by molar-refractivity contribution is -0.274. The molecule has 0 N–H and O–H groups in total. The van der Waals surface area contributed by atoms with Gasteiger partial charge in [-0.05, 0) is 52.5 Å². The normalized spacial score (nSPS) is 20.8. The Morgan fingerprint density at radius 3 is 2.50 bits per heavy atom. The van der Waals surface area contributed by atoms with E-state index in [-0.39, 0.29) is 18.2 Å². The molecule has 0 bridgehead atoms. The van der Waals surface area contributed by atoms with Crippen molar-refractivity contribution in [1.82, 2.24) is 14.8 Å². The van der Waals surface area contributed by atoms with E-state index in [1.165, 1.54) is 40.7 Å². The van der Waals surface area contributed by atoms with Gasteiger partial charge in [0.1, 0.15) is 5.75 Å². The van der Waals surface area contributed by atoms with Gasteiger partial charge in [0.15, 0.2) is 0 Å². The Morgan fingerprint density at radius 1 is 1.13 bits per heavy atom. The number of thiazole rings is 1. The largest absolute Gasteiger partial charge is 0.573 e. The molecule has 38 heavy (non-hydrogen) atoms. The van der Waals surface area contributed by atoms with Crippen LogP contribution in [0.2, 0.25) is 0 Å². The van der Waals surface area contributed by atoms with Crippen molar-refractivity contribution in [2.24, 2.45) is 17.8 Å². The van der Waals surface area contributed by atoms with E-state index in [0.717, 1.165) is 19.6 Å². The number of alkyl halides is 3. The number of ether oxygens (including phenoxy) is 2. The summed E-state index contributed by atoms with van der Waals surface area (Å²) in [7, 11) is 0. The molecule has 1 amide bonds. The molecule has 3 aromatic rings. The highest BCUT2D eigenvalue weighted by Gasteiger charge is 2.56. The van der Waals surface area contributed by atoms with Crippen LogP contribution in [-0.4, -0.2) is 46.9 Å². The maximum Gasteiger partial charge on any atom is 0.573 e. The van der Waals surface area contributed by atoms with Crippen LogP contribution in [-0.2, 0) is 13.1 Å². The van der Waals surface area contributed by atoms with Crippen molar-refractivity contribution in [3.63, 3.8) is 0 Å². The van der Waals surface area contributed by atoms with Gasteiger partial charge in [-0.1, -0.05) is 50.2 Å². The quantitative estimate of drug-likeness (QED) is 0.306. The third kappa shape index (κ3) is 6.66. The average Bonchev–Trinajstić information content (AvgIpc) is 3.21. The zero-order valence-corrected chi connectivity index (χ0v) is 22.0. The first kappa shape index (κ1) is 26.5. The van der Waals surface area contributed by atoms with Crippen LogP contribution in [0.4, 0.5) is 18.0 Å². The molecule has 0 spiro atoms. The Balaban J connectivity index is 1.21. The molecule has 1 saturated carbocycles. The molecule has 1 saturated heterocycles. The monoisotopic (exact) mass is 545 g/mol. The number of aromatic nitrogens is 1. The molecule has 2 aromatic carbocycles. The maximum atomic E-state index is 13.0. The molecule has 10 heteroatoms. The van der Waals surface area contributed by atoms with Crippen molar-refractivity contribution in [3.8, 4) is 11.6 Å². The maximum absolute atomic E-state index is 13.0. The fourth-order valence-corrected chi connectivity index (χ4v) is 5.78. The summed E-state index contributed by atoms with van der Waals surface area (Å²) in [6.45, 7) is 7.79. The predicted molar refractivity (Wildman–Crippen MR) is 138 cm³/mol. The predicted octanol–water partition coefficient (Wildman–Crippen LogP) is 6.54. The Morgan fingerprint density at radius 2 is 1.87 bits per heavy atom. The molecule has 6 nitrogen and oxygen atoms in total. The van der Waals surface area contributed by atoms with Crippen molar-refractivity contribution in [1.29, 1.82) is 0 Å². The van der Waals surface area contributed by atoms with E-state index in [1.54, 1.807) is 21.9 Å². The smallest absolute Gasteiger partial charge is 0.406 e. The first-order chi connectivity index (χ1) is 18.1. The number of carbonyl (C=O) groups excluding carboxylic acids is 1. The van der Waals surface area contributed by atoms with Crippen LogP contribution in [0.15, 0.2) is 59.4 Å². The van der Waals surface area contributed by atoms with Gasteiger partial charge in [-0.15, -0.1) is 24.5 Å². The molecule has 2 aliphatic rings. The van der Waals surface area contributed by atoms with Crippen LogP contribution >= 0.6 is 11.3 Å². The fraction of sp³-hybridized carbons (Fsp3) is 0.429. The second kappa shape index (κ2) is 10.9. The van der Waals surface area contributed by atoms with Gasteiger partial charge in [0.2, 0.25) is 5.88 Å². The third-order valence-corrected chi connectivity index (χ3v) is 7.86. The van der Waals surface area contributed by atoms with E-state index < -0.39 is 12.5 Å². The number of hydrogen-bond donors (Lipinski definition) is 0. The minimum Gasteiger partial charge on any atom is -0.406 e. The van der Waals surface area contributed by atoms with Crippen LogP contribution in [0.5, 0.6) is 11.6 Å². The highest BCUT2D eigenvalue weighted by atomic mass is 32.1. The van der Waals surface area contributed by atoms with Gasteiger partial charge >= 0.3 is 12.5 Å². The molecule has 2 heterocycles. The first-order valence-electron chi connectivity index (χ1n) is 12.7. The number of hydrogen-bond acceptors (Lipinski definition) is 6. The molecule has 2 fully saturated rings. The van der Waals surface area contributed by atoms with E-state index in [4.69, 9.17) is 4.74 Å². The number of amides is 1. The van der Waals surface area contributed by atoms with E-state index in [9.17, 15) is 18.0 Å². The minimum atomic E-state index is -4.78. The third-order valence-electron chi connectivity index (χ3n) is 7.30. The van der Waals surface area contributed by atoms with E-state index in [1.807, 2.05) is 0 Å². The van der Waals surface area contributed by atoms with Gasteiger partial charge in [0, 0.05) is 32.7 Å². The summed E-state index contributed by atoms with van der Waals surface area (Å²) in [6.07, 6.45) is -5.35. The molecule has 5 rings (SSSR count). The van der Waals surface area contributed by atoms with Crippen LogP contribution in [0.1, 0.15) is 36.5 Å². The molecule has 2 unspecified atom stereocenters. The van der Waals surface area contributed by atoms with Crippen molar-refractivity contribution >= 4 is 17.4 Å². The van der Waals surface area contributed by atoms with Crippen molar-refractivity contribution in [2.45, 2.75) is 39.2 Å². The molecule has 0 radical (unpaired) electrons. The number of halogens is 3. The topological polar surface area (TPSA) is 54.9 Å². The number of carbonyl (C=O) groups is 1. The summed E-state index contributed by atoms with van der Waals surface area (Å²) in [6, 6.07) is 14.5. The molecular formula is C28H30F3N3O3S. The number of benzene rings is 2. The van der Waals surface area contributed by atoms with E-state index >= 15 is 0 Å². The van der Waals surface area contributed by atoms with Crippen LogP contribution < -0.4 is 9.47 Å². The molecule has 1 aliphatic carbocycles. The summed E-state index contributed by atoms with van der Waals surface area (Å²) < 4.78 is 47.6. The Bertz CT molecular complexity index is 1220. The molecular weight excluding hydrogens is 515 g/mol. The lowest BCUT2D eigenvalue weighted by atomic mass is 10.0. The highest BCUT2D eigenvalue weighted by Crippen LogP contribution is 2.52. The van der Waals surface area contributed by atoms with Gasteiger partial charge in [-0.2, -0.15) is 0 Å². The average molecular weight is 546 g/mol. The van der Waals surface area contributed by atoms with E-state index in [0.29, 0.717) is 35.8 Å². The number of nitrogens with zero attached hydrogens (tertiary/aromatic N) is 3. The SMILES string of the molecule is CC(C)c1ccc(CN2CC3C(C2)C3CN(Cc2cccc(OC(F)(F)F)c2)C(=O)Oc2cscn2)cc1. The standard InChI is InChI=1S/C28H30F3N3O3S/c1-18(2)21-8-6-19(7-9-21)11-33-13-23-24(14-33)25(23)15-34(27(35)36-26-16-38-17-32-26)12-20-4-3-5-22(10-20)37-28(29,30)31/h3-10,16-18,23-25H,11-15H2,1-2H3. The van der Waals surface area contributed by atoms with Crippen LogP contribution in [0.3, 0.4) is 0 Å². The van der Waals surface area contributed by atoms with Gasteiger partial charge < -0.3 is 14.4 Å². The zero-order valence-electron chi connectivity index (χ0n) is 21.2. The van der Waals surface area contributed by atoms with Crippen LogP contribution in [0, 0.1) is 17.8 Å². The van der Waals surface area contributed by atoms with E-state index in [2.05, 4.69) is 52.7 Å². The second-order valence-electron chi connectivity index (χ2n) is 10.4. The van der Waals surface area contributed by atoms with Gasteiger partial charge in [0.05, 0.1) is 10.9 Å². The Hall–Kier alpha value is -3.11. The highest BCUT2D eigenvalue weighted by molar-refractivity contribution is 7.07. The molecule has 1 aromatic heterocycles. The zero-order chi connectivity index (χ0) is 26.9. The number of piperidine rings is 1. The number of likely N-dealkylation sites (tertiary alicyclic amines) is 1. The summed E-state index contributed by atoms with van der Waals surface area (Å²) >= 11 is 1.31. The first-order valence-corrected chi connectivity index (χ1v) is 13.6.